The van der Waals surface area contributed by atoms with E-state index in [1.165, 1.54) is 0 Å². The van der Waals surface area contributed by atoms with Crippen molar-refractivity contribution >= 4 is 22.1 Å². The van der Waals surface area contributed by atoms with Gasteiger partial charge in [0.05, 0.1) is 10.9 Å². The molecule has 24 heavy (non-hydrogen) atoms. The fourth-order valence-corrected chi connectivity index (χ4v) is 3.33. The highest BCUT2D eigenvalue weighted by Crippen LogP contribution is 2.39. The summed E-state index contributed by atoms with van der Waals surface area (Å²) in [5.74, 6) is -1.55. The van der Waals surface area contributed by atoms with E-state index in [1.54, 1.807) is 0 Å². The predicted molar refractivity (Wildman–Crippen MR) is 87.5 cm³/mol. The Hall–Kier alpha value is -2.82. The van der Waals surface area contributed by atoms with E-state index in [1.807, 2.05) is 55.9 Å². The molecule has 0 aliphatic rings. The number of hydrogen-bond donors (Lipinski definition) is 0. The fourth-order valence-electron chi connectivity index (χ4n) is 3.33. The van der Waals surface area contributed by atoms with Crippen LogP contribution in [0.5, 0.6) is 0 Å². The molecule has 5 heteroatoms. The zero-order valence-electron chi connectivity index (χ0n) is 13.5. The van der Waals surface area contributed by atoms with Gasteiger partial charge in [0.2, 0.25) is 17.4 Å². The first-order valence-electron chi connectivity index (χ1n) is 7.61. The summed E-state index contributed by atoms with van der Waals surface area (Å²) in [5.41, 5.74) is 4.17. The fraction of sp³-hybridized carbons (Fsp3) is 0.158. The molecule has 0 bridgehead atoms. The first-order chi connectivity index (χ1) is 11.5. The molecule has 0 radical (unpaired) electrons. The lowest BCUT2D eigenvalue weighted by Crippen LogP contribution is -2.30. The second-order valence-corrected chi connectivity index (χ2v) is 6.00. The molecule has 0 unspecified atom stereocenters. The smallest absolute Gasteiger partial charge is 0.232 e. The standard InChI is InChI=1S/C19H15F2N2O/c1-10-8-11(2)16-17-12(20)9-14(21)22-19(17)24-18(16)15(10)13-6-4-5-7-23(13)3/h4-9H,1-3H3/q+1. The van der Waals surface area contributed by atoms with Crippen LogP contribution in [-0.2, 0) is 7.05 Å². The van der Waals surface area contributed by atoms with Crippen LogP contribution < -0.4 is 4.57 Å². The number of rotatable bonds is 1. The number of benzene rings is 1. The van der Waals surface area contributed by atoms with Crippen LogP contribution in [0.2, 0.25) is 0 Å². The minimum Gasteiger partial charge on any atom is -0.437 e. The average Bonchev–Trinajstić information content (AvgIpc) is 2.88. The van der Waals surface area contributed by atoms with E-state index in [4.69, 9.17) is 4.42 Å². The van der Waals surface area contributed by atoms with E-state index >= 15 is 0 Å². The van der Waals surface area contributed by atoms with Crippen molar-refractivity contribution in [1.29, 1.82) is 0 Å². The van der Waals surface area contributed by atoms with Gasteiger partial charge in [-0.1, -0.05) is 6.07 Å². The van der Waals surface area contributed by atoms with E-state index in [9.17, 15) is 8.78 Å². The summed E-state index contributed by atoms with van der Waals surface area (Å²) >= 11 is 0. The second kappa shape index (κ2) is 5.09. The Morgan fingerprint density at radius 3 is 2.58 bits per heavy atom. The summed E-state index contributed by atoms with van der Waals surface area (Å²) in [7, 11) is 1.93. The molecule has 3 heterocycles. The zero-order valence-corrected chi connectivity index (χ0v) is 13.5. The lowest BCUT2D eigenvalue weighted by atomic mass is 9.97. The third-order valence-corrected chi connectivity index (χ3v) is 4.34. The monoisotopic (exact) mass is 325 g/mol. The van der Waals surface area contributed by atoms with Crippen LogP contribution in [0.1, 0.15) is 11.1 Å². The number of hydrogen-bond acceptors (Lipinski definition) is 2. The summed E-state index contributed by atoms with van der Waals surface area (Å²) in [4.78, 5) is 3.72. The molecule has 0 N–H and O–H groups in total. The molecule has 120 valence electrons. The molecule has 0 aliphatic carbocycles. The van der Waals surface area contributed by atoms with Gasteiger partial charge in [-0.3, -0.25) is 0 Å². The van der Waals surface area contributed by atoms with Crippen LogP contribution in [0.3, 0.4) is 0 Å². The van der Waals surface area contributed by atoms with Gasteiger partial charge in [0, 0.05) is 23.6 Å². The number of halogens is 2. The van der Waals surface area contributed by atoms with Crippen LogP contribution in [0.25, 0.3) is 33.3 Å². The number of aryl methyl sites for hydroxylation is 3. The van der Waals surface area contributed by atoms with Crippen molar-refractivity contribution < 1.29 is 17.8 Å². The number of nitrogens with zero attached hydrogens (tertiary/aromatic N) is 2. The number of pyridine rings is 2. The van der Waals surface area contributed by atoms with Gasteiger partial charge < -0.3 is 4.42 Å². The maximum Gasteiger partial charge on any atom is 0.232 e. The normalized spacial score (nSPS) is 11.5. The van der Waals surface area contributed by atoms with E-state index < -0.39 is 11.8 Å². The Labute approximate surface area is 137 Å². The molecule has 4 aromatic rings. The van der Waals surface area contributed by atoms with Gasteiger partial charge in [-0.05, 0) is 31.0 Å². The maximum atomic E-state index is 14.4. The first kappa shape index (κ1) is 14.8. The molecule has 0 amide bonds. The Morgan fingerprint density at radius 1 is 1.04 bits per heavy atom. The quantitative estimate of drug-likeness (QED) is 0.384. The summed E-state index contributed by atoms with van der Waals surface area (Å²) in [5, 5.41) is 0.864. The highest BCUT2D eigenvalue weighted by atomic mass is 19.1. The SMILES string of the molecule is Cc1cc(C)c2c(oc3nc(F)cc(F)c32)c1-c1cccc[n+]1C. The van der Waals surface area contributed by atoms with Crippen LogP contribution >= 0.6 is 0 Å². The van der Waals surface area contributed by atoms with Gasteiger partial charge in [-0.25, -0.2) is 8.96 Å². The van der Waals surface area contributed by atoms with Crippen LogP contribution in [0, 0.1) is 25.6 Å². The van der Waals surface area contributed by atoms with Crippen molar-refractivity contribution in [2.75, 3.05) is 0 Å². The maximum absolute atomic E-state index is 14.4. The van der Waals surface area contributed by atoms with E-state index in [-0.39, 0.29) is 11.1 Å². The molecule has 0 saturated heterocycles. The molecule has 1 aromatic carbocycles. The summed E-state index contributed by atoms with van der Waals surface area (Å²) in [6.07, 6.45) is 1.93. The highest BCUT2D eigenvalue weighted by Gasteiger charge is 2.24. The van der Waals surface area contributed by atoms with Gasteiger partial charge >= 0.3 is 0 Å². The topological polar surface area (TPSA) is 29.9 Å². The van der Waals surface area contributed by atoms with Crippen molar-refractivity contribution in [2.24, 2.45) is 7.05 Å². The number of furan rings is 1. The van der Waals surface area contributed by atoms with Crippen molar-refractivity contribution in [3.8, 4) is 11.3 Å². The third-order valence-electron chi connectivity index (χ3n) is 4.34. The molecular weight excluding hydrogens is 310 g/mol. The van der Waals surface area contributed by atoms with Crippen molar-refractivity contribution in [2.45, 2.75) is 13.8 Å². The molecule has 4 rings (SSSR count). The van der Waals surface area contributed by atoms with Crippen molar-refractivity contribution in [3.05, 3.63) is 59.4 Å². The van der Waals surface area contributed by atoms with Crippen LogP contribution in [0.15, 0.2) is 40.9 Å². The number of aromatic nitrogens is 2. The molecule has 0 aliphatic heterocycles. The van der Waals surface area contributed by atoms with Crippen LogP contribution in [0.4, 0.5) is 8.78 Å². The Morgan fingerprint density at radius 2 is 1.83 bits per heavy atom. The molecule has 0 fully saturated rings. The lowest BCUT2D eigenvalue weighted by molar-refractivity contribution is -0.660. The average molecular weight is 325 g/mol. The van der Waals surface area contributed by atoms with Crippen LogP contribution in [-0.4, -0.2) is 4.98 Å². The van der Waals surface area contributed by atoms with Gasteiger partial charge in [-0.2, -0.15) is 9.37 Å². The van der Waals surface area contributed by atoms with E-state index in [0.29, 0.717) is 11.0 Å². The van der Waals surface area contributed by atoms with Gasteiger partial charge in [0.25, 0.3) is 0 Å². The summed E-state index contributed by atoms with van der Waals surface area (Å²) in [6, 6.07) is 8.61. The van der Waals surface area contributed by atoms with Crippen molar-refractivity contribution in [1.82, 2.24) is 4.98 Å². The Balaban J connectivity index is 2.24. The van der Waals surface area contributed by atoms with E-state index in [0.717, 1.165) is 28.5 Å². The molecular formula is C19H15F2N2O+. The Bertz CT molecular complexity index is 1120. The third kappa shape index (κ3) is 2.01. The first-order valence-corrected chi connectivity index (χ1v) is 7.61. The lowest BCUT2D eigenvalue weighted by Gasteiger charge is -2.07. The highest BCUT2D eigenvalue weighted by molar-refractivity contribution is 6.10. The second-order valence-electron chi connectivity index (χ2n) is 6.00. The van der Waals surface area contributed by atoms with Crippen molar-refractivity contribution in [3.63, 3.8) is 0 Å². The Kier molecular flexibility index (Phi) is 3.13. The van der Waals surface area contributed by atoms with Gasteiger partial charge in [0.1, 0.15) is 12.9 Å². The molecule has 3 aromatic heterocycles. The largest absolute Gasteiger partial charge is 0.437 e. The molecule has 0 atom stereocenters. The summed E-state index contributed by atoms with van der Waals surface area (Å²) in [6.45, 7) is 3.87. The van der Waals surface area contributed by atoms with E-state index in [2.05, 4.69) is 4.98 Å². The van der Waals surface area contributed by atoms with Gasteiger partial charge in [0.15, 0.2) is 11.8 Å². The molecule has 0 saturated carbocycles. The molecule has 3 nitrogen and oxygen atoms in total. The predicted octanol–water partition coefficient (Wildman–Crippen LogP) is 4.37. The minimum atomic E-state index is -0.889. The minimum absolute atomic E-state index is 0.0176. The number of fused-ring (bicyclic) bond motifs is 3. The summed E-state index contributed by atoms with van der Waals surface area (Å²) < 4.78 is 35.6. The zero-order chi connectivity index (χ0) is 17.0. The molecule has 0 spiro atoms. The van der Waals surface area contributed by atoms with Gasteiger partial charge in [-0.15, -0.1) is 0 Å².